The molecule has 1 aliphatic heterocycles. The van der Waals surface area contributed by atoms with Gasteiger partial charge in [-0.05, 0) is 31.4 Å². The number of anilines is 1. The molecule has 2 heterocycles. The molecule has 108 valence electrons. The lowest BCUT2D eigenvalue weighted by molar-refractivity contribution is -0.142. The van der Waals surface area contributed by atoms with Crippen molar-refractivity contribution in [2.75, 3.05) is 25.6 Å². The van der Waals surface area contributed by atoms with Crippen LogP contribution in [0.25, 0.3) is 0 Å². The summed E-state index contributed by atoms with van der Waals surface area (Å²) >= 11 is 0. The van der Waals surface area contributed by atoms with Crippen LogP contribution in [0.3, 0.4) is 0 Å². The first-order chi connectivity index (χ1) is 9.67. The van der Waals surface area contributed by atoms with E-state index >= 15 is 0 Å². The molecule has 7 nitrogen and oxygen atoms in total. The number of piperidine rings is 1. The first-order valence-electron chi connectivity index (χ1n) is 6.57. The molecule has 0 saturated carbocycles. The van der Waals surface area contributed by atoms with Gasteiger partial charge in [0.1, 0.15) is 6.04 Å². The van der Waals surface area contributed by atoms with Crippen LogP contribution < -0.4 is 10.2 Å². The molecule has 0 aromatic carbocycles. The van der Waals surface area contributed by atoms with Crippen molar-refractivity contribution in [1.82, 2.24) is 15.5 Å². The van der Waals surface area contributed by atoms with E-state index in [-0.39, 0.29) is 23.6 Å². The summed E-state index contributed by atoms with van der Waals surface area (Å²) in [5, 5.41) is 10.4. The van der Waals surface area contributed by atoms with Gasteiger partial charge in [-0.25, -0.2) is 4.79 Å². The molecule has 2 rings (SSSR count). The molecule has 0 bridgehead atoms. The summed E-state index contributed by atoms with van der Waals surface area (Å²) in [7, 11) is 2.92. The second-order valence-corrected chi connectivity index (χ2v) is 4.58. The Morgan fingerprint density at radius 1 is 1.35 bits per heavy atom. The SMILES string of the molecule is CNC(=O)c1ccc(N2CCCCC2C(=O)OC)nn1. The van der Waals surface area contributed by atoms with E-state index in [1.165, 1.54) is 14.2 Å². The molecule has 1 aromatic rings. The van der Waals surface area contributed by atoms with E-state index in [0.29, 0.717) is 5.82 Å². The smallest absolute Gasteiger partial charge is 0.328 e. The monoisotopic (exact) mass is 278 g/mol. The van der Waals surface area contributed by atoms with E-state index in [1.54, 1.807) is 12.1 Å². The normalized spacial score (nSPS) is 18.5. The summed E-state index contributed by atoms with van der Waals surface area (Å²) in [6.07, 6.45) is 2.72. The van der Waals surface area contributed by atoms with Crippen LogP contribution in [-0.4, -0.2) is 48.8 Å². The van der Waals surface area contributed by atoms with Crippen molar-refractivity contribution in [1.29, 1.82) is 0 Å². The van der Waals surface area contributed by atoms with Gasteiger partial charge in [0.2, 0.25) is 0 Å². The van der Waals surface area contributed by atoms with Crippen molar-refractivity contribution < 1.29 is 14.3 Å². The van der Waals surface area contributed by atoms with Gasteiger partial charge in [0.15, 0.2) is 11.5 Å². The van der Waals surface area contributed by atoms with Crippen LogP contribution in [0.2, 0.25) is 0 Å². The molecule has 1 aliphatic rings. The number of esters is 1. The topological polar surface area (TPSA) is 84.4 Å². The summed E-state index contributed by atoms with van der Waals surface area (Å²) in [6, 6.07) is 2.98. The highest BCUT2D eigenvalue weighted by molar-refractivity contribution is 5.92. The number of hydrogen-bond donors (Lipinski definition) is 1. The summed E-state index contributed by atoms with van der Waals surface area (Å²) in [6.45, 7) is 0.730. The van der Waals surface area contributed by atoms with E-state index in [2.05, 4.69) is 15.5 Å². The Morgan fingerprint density at radius 2 is 2.15 bits per heavy atom. The summed E-state index contributed by atoms with van der Waals surface area (Å²) in [4.78, 5) is 25.1. The molecule has 1 saturated heterocycles. The maximum absolute atomic E-state index is 11.8. The van der Waals surface area contributed by atoms with E-state index in [1.807, 2.05) is 4.90 Å². The predicted molar refractivity (Wildman–Crippen MR) is 72.4 cm³/mol. The predicted octanol–water partition coefficient (Wildman–Crippen LogP) is 0.368. The third-order valence-electron chi connectivity index (χ3n) is 3.38. The van der Waals surface area contributed by atoms with Crippen LogP contribution in [0.4, 0.5) is 5.82 Å². The third-order valence-corrected chi connectivity index (χ3v) is 3.38. The van der Waals surface area contributed by atoms with Crippen molar-refractivity contribution in [3.63, 3.8) is 0 Å². The number of methoxy groups -OCH3 is 1. The van der Waals surface area contributed by atoms with E-state index in [9.17, 15) is 9.59 Å². The summed E-state index contributed by atoms with van der Waals surface area (Å²) < 4.78 is 4.83. The van der Waals surface area contributed by atoms with Crippen molar-refractivity contribution >= 4 is 17.7 Å². The lowest BCUT2D eigenvalue weighted by Crippen LogP contribution is -2.46. The Kier molecular flexibility index (Phi) is 4.49. The van der Waals surface area contributed by atoms with Crippen molar-refractivity contribution in [3.05, 3.63) is 17.8 Å². The lowest BCUT2D eigenvalue weighted by atomic mass is 10.0. The molecule has 1 N–H and O–H groups in total. The first kappa shape index (κ1) is 14.2. The molecule has 0 aliphatic carbocycles. The van der Waals surface area contributed by atoms with Gasteiger partial charge in [-0.15, -0.1) is 10.2 Å². The van der Waals surface area contributed by atoms with Crippen molar-refractivity contribution in [2.45, 2.75) is 25.3 Å². The zero-order valence-electron chi connectivity index (χ0n) is 11.6. The number of carbonyl (C=O) groups is 2. The van der Waals surface area contributed by atoms with Gasteiger partial charge in [0, 0.05) is 13.6 Å². The molecule has 7 heteroatoms. The molecule has 1 atom stereocenters. The molecular weight excluding hydrogens is 260 g/mol. The maximum Gasteiger partial charge on any atom is 0.328 e. The lowest BCUT2D eigenvalue weighted by Gasteiger charge is -2.34. The highest BCUT2D eigenvalue weighted by Crippen LogP contribution is 2.23. The Bertz CT molecular complexity index is 489. The third kappa shape index (κ3) is 2.87. The number of aromatic nitrogens is 2. The van der Waals surface area contributed by atoms with Gasteiger partial charge in [-0.3, -0.25) is 4.79 Å². The number of nitrogens with zero attached hydrogens (tertiary/aromatic N) is 3. The fraction of sp³-hybridized carbons (Fsp3) is 0.538. The van der Waals surface area contributed by atoms with Crippen LogP contribution in [0.5, 0.6) is 0 Å². The Balaban J connectivity index is 2.20. The largest absolute Gasteiger partial charge is 0.467 e. The second kappa shape index (κ2) is 6.31. The number of nitrogens with one attached hydrogen (secondary N) is 1. The second-order valence-electron chi connectivity index (χ2n) is 4.58. The van der Waals surface area contributed by atoms with Crippen molar-refractivity contribution in [2.24, 2.45) is 0 Å². The molecule has 0 radical (unpaired) electrons. The Morgan fingerprint density at radius 3 is 2.75 bits per heavy atom. The fourth-order valence-corrected chi connectivity index (χ4v) is 2.31. The van der Waals surface area contributed by atoms with Crippen LogP contribution in [-0.2, 0) is 9.53 Å². The van der Waals surface area contributed by atoms with Gasteiger partial charge in [0.25, 0.3) is 5.91 Å². The quantitative estimate of drug-likeness (QED) is 0.804. The number of carbonyl (C=O) groups excluding carboxylic acids is 2. The van der Waals surface area contributed by atoms with Gasteiger partial charge >= 0.3 is 5.97 Å². The highest BCUT2D eigenvalue weighted by Gasteiger charge is 2.30. The van der Waals surface area contributed by atoms with Crippen LogP contribution in [0.15, 0.2) is 12.1 Å². The number of rotatable bonds is 3. The van der Waals surface area contributed by atoms with Crippen LogP contribution in [0.1, 0.15) is 29.8 Å². The molecule has 0 spiro atoms. The molecule has 1 unspecified atom stereocenters. The zero-order valence-corrected chi connectivity index (χ0v) is 11.6. The standard InChI is InChI=1S/C13H18N4O3/c1-14-12(18)9-6-7-11(16-15-9)17-8-4-3-5-10(17)13(19)20-2/h6-7,10H,3-5,8H2,1-2H3,(H,14,18). The molecule has 1 aromatic heterocycles. The summed E-state index contributed by atoms with van der Waals surface area (Å²) in [5.74, 6) is 0.0434. The minimum absolute atomic E-state index is 0.253. The molecular formula is C13H18N4O3. The summed E-state index contributed by atoms with van der Waals surface area (Å²) in [5.41, 5.74) is 0.253. The van der Waals surface area contributed by atoms with E-state index < -0.39 is 0 Å². The highest BCUT2D eigenvalue weighted by atomic mass is 16.5. The first-order valence-corrected chi connectivity index (χ1v) is 6.57. The molecule has 1 amide bonds. The average Bonchev–Trinajstić information content (AvgIpc) is 2.53. The minimum Gasteiger partial charge on any atom is -0.467 e. The number of ether oxygens (including phenoxy) is 1. The number of hydrogen-bond acceptors (Lipinski definition) is 6. The van der Waals surface area contributed by atoms with Gasteiger partial charge in [0.05, 0.1) is 7.11 Å². The van der Waals surface area contributed by atoms with Gasteiger partial charge in [-0.1, -0.05) is 0 Å². The zero-order chi connectivity index (χ0) is 14.5. The average molecular weight is 278 g/mol. The van der Waals surface area contributed by atoms with E-state index in [0.717, 1.165) is 25.8 Å². The Labute approximate surface area is 117 Å². The number of amides is 1. The Hall–Kier alpha value is -2.18. The molecule has 20 heavy (non-hydrogen) atoms. The van der Waals surface area contributed by atoms with Gasteiger partial charge in [-0.2, -0.15) is 0 Å². The minimum atomic E-state index is -0.325. The molecule has 1 fully saturated rings. The van der Waals surface area contributed by atoms with Crippen LogP contribution in [0, 0.1) is 0 Å². The van der Waals surface area contributed by atoms with E-state index in [4.69, 9.17) is 4.74 Å². The van der Waals surface area contributed by atoms with Crippen molar-refractivity contribution in [3.8, 4) is 0 Å². The fourth-order valence-electron chi connectivity index (χ4n) is 2.31. The van der Waals surface area contributed by atoms with Gasteiger partial charge < -0.3 is 15.0 Å². The van der Waals surface area contributed by atoms with Crippen LogP contribution >= 0.6 is 0 Å². The maximum atomic E-state index is 11.8.